The zero-order valence-electron chi connectivity index (χ0n) is 16.0. The minimum Gasteiger partial charge on any atom is -0.489 e. The van der Waals surface area contributed by atoms with Crippen LogP contribution in [-0.2, 0) is 13.2 Å². The summed E-state index contributed by atoms with van der Waals surface area (Å²) in [7, 11) is 0. The van der Waals surface area contributed by atoms with Crippen LogP contribution in [0.25, 0.3) is 21.9 Å². The van der Waals surface area contributed by atoms with Crippen LogP contribution in [0, 0.1) is 0 Å². The van der Waals surface area contributed by atoms with E-state index in [9.17, 15) is 0 Å². The Bertz CT molecular complexity index is 1260. The van der Waals surface area contributed by atoms with Crippen molar-refractivity contribution in [3.8, 4) is 5.75 Å². The molecule has 0 saturated carbocycles. The molecule has 29 heavy (non-hydrogen) atoms. The lowest BCUT2D eigenvalue weighted by Gasteiger charge is -2.10. The van der Waals surface area contributed by atoms with Crippen LogP contribution in [0.15, 0.2) is 101 Å². The smallest absolute Gasteiger partial charge is 0.135 e. The third-order valence-electron chi connectivity index (χ3n) is 5.02. The van der Waals surface area contributed by atoms with E-state index in [0.717, 1.165) is 45.5 Å². The molecule has 4 aromatic carbocycles. The number of ether oxygens (including phenoxy) is 1. The Morgan fingerprint density at radius 1 is 0.655 bits per heavy atom. The first-order valence-electron chi connectivity index (χ1n) is 9.76. The maximum absolute atomic E-state index is 5.94. The summed E-state index contributed by atoms with van der Waals surface area (Å²) in [5.41, 5.74) is 5.24. The first-order chi connectivity index (χ1) is 14.3. The van der Waals surface area contributed by atoms with Crippen molar-refractivity contribution >= 4 is 27.6 Å². The van der Waals surface area contributed by atoms with Gasteiger partial charge in [0.25, 0.3) is 0 Å². The first-order valence-corrected chi connectivity index (χ1v) is 9.76. The molecule has 142 valence electrons. The van der Waals surface area contributed by atoms with Crippen LogP contribution in [0.1, 0.15) is 11.1 Å². The SMILES string of the molecule is c1ccc(COc2cccc(CNc3ccc4oc5ccccc5c4c3)c2)cc1. The molecule has 5 aromatic rings. The zero-order valence-corrected chi connectivity index (χ0v) is 16.0. The molecule has 0 fully saturated rings. The summed E-state index contributed by atoms with van der Waals surface area (Å²) >= 11 is 0. The molecular formula is C26H21NO2. The maximum Gasteiger partial charge on any atom is 0.135 e. The zero-order chi connectivity index (χ0) is 19.5. The van der Waals surface area contributed by atoms with Crippen molar-refractivity contribution in [1.29, 1.82) is 0 Å². The molecule has 0 atom stereocenters. The molecule has 1 heterocycles. The minimum absolute atomic E-state index is 0.571. The van der Waals surface area contributed by atoms with Crippen LogP contribution >= 0.6 is 0 Å². The highest BCUT2D eigenvalue weighted by molar-refractivity contribution is 6.05. The van der Waals surface area contributed by atoms with Crippen LogP contribution in [0.4, 0.5) is 5.69 Å². The third kappa shape index (κ3) is 3.81. The van der Waals surface area contributed by atoms with Crippen LogP contribution in [0.3, 0.4) is 0 Å². The number of furan rings is 1. The summed E-state index contributed by atoms with van der Waals surface area (Å²) in [6.45, 7) is 1.30. The van der Waals surface area contributed by atoms with Gasteiger partial charge in [-0.2, -0.15) is 0 Å². The number of para-hydroxylation sites is 1. The fraction of sp³-hybridized carbons (Fsp3) is 0.0769. The van der Waals surface area contributed by atoms with E-state index < -0.39 is 0 Å². The first kappa shape index (κ1) is 17.4. The van der Waals surface area contributed by atoms with E-state index in [4.69, 9.17) is 9.15 Å². The quantitative estimate of drug-likeness (QED) is 0.353. The van der Waals surface area contributed by atoms with Crippen molar-refractivity contribution in [1.82, 2.24) is 0 Å². The molecule has 1 N–H and O–H groups in total. The number of nitrogens with one attached hydrogen (secondary N) is 1. The molecule has 1 aromatic heterocycles. The van der Waals surface area contributed by atoms with Gasteiger partial charge in [-0.15, -0.1) is 0 Å². The average Bonchev–Trinajstić information content (AvgIpc) is 3.15. The fourth-order valence-electron chi connectivity index (χ4n) is 3.53. The van der Waals surface area contributed by atoms with Crippen molar-refractivity contribution < 1.29 is 9.15 Å². The fourth-order valence-corrected chi connectivity index (χ4v) is 3.53. The van der Waals surface area contributed by atoms with E-state index in [2.05, 4.69) is 47.8 Å². The maximum atomic E-state index is 5.94. The molecule has 3 heteroatoms. The summed E-state index contributed by atoms with van der Waals surface area (Å²) < 4.78 is 11.8. The van der Waals surface area contributed by atoms with Gasteiger partial charge in [0.15, 0.2) is 0 Å². The van der Waals surface area contributed by atoms with Crippen molar-refractivity contribution in [2.24, 2.45) is 0 Å². The van der Waals surface area contributed by atoms with E-state index in [1.165, 1.54) is 5.56 Å². The standard InChI is InChI=1S/C26H21NO2/c1-2-7-19(8-3-1)18-28-22-10-6-9-20(15-22)17-27-21-13-14-26-24(16-21)23-11-4-5-12-25(23)29-26/h1-16,27H,17-18H2. The van der Waals surface area contributed by atoms with Gasteiger partial charge in [-0.05, 0) is 47.5 Å². The third-order valence-corrected chi connectivity index (χ3v) is 5.02. The Kier molecular flexibility index (Phi) is 4.63. The van der Waals surface area contributed by atoms with E-state index >= 15 is 0 Å². The molecule has 0 aliphatic heterocycles. The number of hydrogen-bond donors (Lipinski definition) is 1. The van der Waals surface area contributed by atoms with Gasteiger partial charge < -0.3 is 14.5 Å². The predicted octanol–water partition coefficient (Wildman–Crippen LogP) is 6.78. The van der Waals surface area contributed by atoms with Crippen molar-refractivity contribution in [2.45, 2.75) is 13.2 Å². The predicted molar refractivity (Wildman–Crippen MR) is 118 cm³/mol. The molecule has 0 saturated heterocycles. The number of anilines is 1. The van der Waals surface area contributed by atoms with E-state index in [-0.39, 0.29) is 0 Å². The topological polar surface area (TPSA) is 34.4 Å². The summed E-state index contributed by atoms with van der Waals surface area (Å²) in [4.78, 5) is 0. The number of fused-ring (bicyclic) bond motifs is 3. The molecule has 3 nitrogen and oxygen atoms in total. The number of benzene rings is 4. The normalized spacial score (nSPS) is 11.0. The molecule has 0 radical (unpaired) electrons. The molecule has 0 aliphatic carbocycles. The Balaban J connectivity index is 1.29. The number of hydrogen-bond acceptors (Lipinski definition) is 3. The second-order valence-electron chi connectivity index (χ2n) is 7.08. The second-order valence-corrected chi connectivity index (χ2v) is 7.08. The minimum atomic E-state index is 0.571. The van der Waals surface area contributed by atoms with Gasteiger partial charge >= 0.3 is 0 Å². The molecular weight excluding hydrogens is 358 g/mol. The van der Waals surface area contributed by atoms with Crippen LogP contribution in [0.2, 0.25) is 0 Å². The van der Waals surface area contributed by atoms with Gasteiger partial charge in [-0.3, -0.25) is 0 Å². The van der Waals surface area contributed by atoms with Crippen molar-refractivity contribution in [3.05, 3.63) is 108 Å². The van der Waals surface area contributed by atoms with E-state index in [0.29, 0.717) is 6.61 Å². The van der Waals surface area contributed by atoms with Gasteiger partial charge in [-0.1, -0.05) is 60.7 Å². The Hall–Kier alpha value is -3.72. The van der Waals surface area contributed by atoms with Crippen LogP contribution in [-0.4, -0.2) is 0 Å². The van der Waals surface area contributed by atoms with Gasteiger partial charge in [0.1, 0.15) is 23.5 Å². The van der Waals surface area contributed by atoms with E-state index in [1.807, 2.05) is 54.6 Å². The van der Waals surface area contributed by atoms with Gasteiger partial charge in [-0.25, -0.2) is 0 Å². The monoisotopic (exact) mass is 379 g/mol. The largest absolute Gasteiger partial charge is 0.489 e. The lowest BCUT2D eigenvalue weighted by molar-refractivity contribution is 0.306. The summed E-state index contributed by atoms with van der Waals surface area (Å²) in [5, 5.41) is 5.78. The molecule has 0 spiro atoms. The lowest BCUT2D eigenvalue weighted by atomic mass is 10.1. The molecule has 0 aliphatic rings. The lowest BCUT2D eigenvalue weighted by Crippen LogP contribution is -2.00. The highest BCUT2D eigenvalue weighted by atomic mass is 16.5. The van der Waals surface area contributed by atoms with Crippen LogP contribution in [0.5, 0.6) is 5.75 Å². The Morgan fingerprint density at radius 2 is 1.45 bits per heavy atom. The van der Waals surface area contributed by atoms with Gasteiger partial charge in [0.05, 0.1) is 0 Å². The Labute approximate surface area is 169 Å². The Morgan fingerprint density at radius 3 is 2.38 bits per heavy atom. The highest BCUT2D eigenvalue weighted by Crippen LogP contribution is 2.30. The highest BCUT2D eigenvalue weighted by Gasteiger charge is 2.07. The van der Waals surface area contributed by atoms with Crippen molar-refractivity contribution in [2.75, 3.05) is 5.32 Å². The molecule has 0 unspecified atom stereocenters. The molecule has 0 amide bonds. The molecule has 5 rings (SSSR count). The van der Waals surface area contributed by atoms with Gasteiger partial charge in [0, 0.05) is 23.0 Å². The van der Waals surface area contributed by atoms with E-state index in [1.54, 1.807) is 0 Å². The summed E-state index contributed by atoms with van der Waals surface area (Å²) in [6.07, 6.45) is 0. The van der Waals surface area contributed by atoms with Gasteiger partial charge in [0.2, 0.25) is 0 Å². The second kappa shape index (κ2) is 7.72. The van der Waals surface area contributed by atoms with Crippen LogP contribution < -0.4 is 10.1 Å². The summed E-state index contributed by atoms with van der Waals surface area (Å²) in [6, 6.07) is 32.8. The average molecular weight is 379 g/mol. The molecule has 0 bridgehead atoms. The van der Waals surface area contributed by atoms with Crippen molar-refractivity contribution in [3.63, 3.8) is 0 Å². The summed E-state index contributed by atoms with van der Waals surface area (Å²) in [5.74, 6) is 0.879. The number of rotatable bonds is 6.